The maximum Gasteiger partial charge on any atom is 0.161 e. The van der Waals surface area contributed by atoms with Crippen LogP contribution in [0.3, 0.4) is 0 Å². The van der Waals surface area contributed by atoms with Gasteiger partial charge in [-0.3, -0.25) is 0 Å². The average Bonchev–Trinajstić information content (AvgIpc) is 2.66. The molecule has 5 heteroatoms. The van der Waals surface area contributed by atoms with Gasteiger partial charge >= 0.3 is 0 Å². The summed E-state index contributed by atoms with van der Waals surface area (Å²) in [7, 11) is 0. The summed E-state index contributed by atoms with van der Waals surface area (Å²) >= 11 is 0. The highest BCUT2D eigenvalue weighted by Gasteiger charge is 2.21. The van der Waals surface area contributed by atoms with E-state index in [0.29, 0.717) is 19.8 Å². The fourth-order valence-electron chi connectivity index (χ4n) is 2.71. The number of hydrogen-bond donors (Lipinski definition) is 2. The molecular weight excluding hydrogens is 318 g/mol. The Labute approximate surface area is 148 Å². The lowest BCUT2D eigenvalue weighted by Gasteiger charge is -2.26. The Bertz CT molecular complexity index is 649. The first-order chi connectivity index (χ1) is 12.2. The molecule has 1 heterocycles. The number of ether oxygens (including phenoxy) is 3. The van der Waals surface area contributed by atoms with E-state index >= 15 is 0 Å². The van der Waals surface area contributed by atoms with Crippen LogP contribution in [0.1, 0.15) is 18.5 Å². The standard InChI is InChI=1S/C20H25NO4/c1-15(16-7-3-2-4-8-16)21-11-17(22)12-23-13-18-14-24-19-9-5-6-10-20(19)25-18/h2-10,15,17-18,21-22H,11-14H2,1H3/t15-,17-,18-/m0/s1. The molecule has 3 rings (SSSR count). The van der Waals surface area contributed by atoms with Crippen LogP contribution in [0.2, 0.25) is 0 Å². The molecule has 25 heavy (non-hydrogen) atoms. The summed E-state index contributed by atoms with van der Waals surface area (Å²) in [6.45, 7) is 3.65. The van der Waals surface area contributed by atoms with Gasteiger partial charge in [0, 0.05) is 12.6 Å². The van der Waals surface area contributed by atoms with Gasteiger partial charge in [-0.1, -0.05) is 42.5 Å². The van der Waals surface area contributed by atoms with Crippen LogP contribution in [0.15, 0.2) is 54.6 Å². The van der Waals surface area contributed by atoms with Gasteiger partial charge in [0.2, 0.25) is 0 Å². The van der Waals surface area contributed by atoms with E-state index in [0.717, 1.165) is 11.5 Å². The molecule has 0 fully saturated rings. The number of benzene rings is 2. The molecule has 0 amide bonds. The number of fused-ring (bicyclic) bond motifs is 1. The molecule has 0 bridgehead atoms. The maximum atomic E-state index is 10.1. The lowest BCUT2D eigenvalue weighted by molar-refractivity contribution is -0.0215. The fourth-order valence-corrected chi connectivity index (χ4v) is 2.71. The third kappa shape index (κ3) is 5.19. The summed E-state index contributed by atoms with van der Waals surface area (Å²) in [5.41, 5.74) is 1.20. The van der Waals surface area contributed by atoms with E-state index in [1.807, 2.05) is 42.5 Å². The molecule has 0 saturated carbocycles. The summed E-state index contributed by atoms with van der Waals surface area (Å²) < 4.78 is 17.1. The molecule has 0 aromatic heterocycles. The minimum absolute atomic E-state index is 0.154. The minimum Gasteiger partial charge on any atom is -0.486 e. The molecule has 0 radical (unpaired) electrons. The second-order valence-corrected chi connectivity index (χ2v) is 6.23. The minimum atomic E-state index is -0.567. The first kappa shape index (κ1) is 17.7. The number of hydrogen-bond acceptors (Lipinski definition) is 5. The van der Waals surface area contributed by atoms with Gasteiger partial charge in [0.25, 0.3) is 0 Å². The molecule has 2 aromatic carbocycles. The predicted octanol–water partition coefficient (Wildman–Crippen LogP) is 2.55. The van der Waals surface area contributed by atoms with Crippen molar-refractivity contribution in [2.24, 2.45) is 0 Å². The van der Waals surface area contributed by atoms with Gasteiger partial charge in [-0.15, -0.1) is 0 Å². The lowest BCUT2D eigenvalue weighted by atomic mass is 10.1. The van der Waals surface area contributed by atoms with E-state index in [9.17, 15) is 5.11 Å². The number of aliphatic hydroxyl groups is 1. The molecule has 5 nitrogen and oxygen atoms in total. The van der Waals surface area contributed by atoms with Gasteiger partial charge in [0.1, 0.15) is 6.61 Å². The highest BCUT2D eigenvalue weighted by Crippen LogP contribution is 2.30. The fraction of sp³-hybridized carbons (Fsp3) is 0.400. The van der Waals surface area contributed by atoms with Crippen LogP contribution < -0.4 is 14.8 Å². The molecule has 3 atom stereocenters. The van der Waals surface area contributed by atoms with E-state index in [1.54, 1.807) is 0 Å². The van der Waals surface area contributed by atoms with Crippen molar-refractivity contribution in [2.45, 2.75) is 25.2 Å². The van der Waals surface area contributed by atoms with Crippen molar-refractivity contribution in [1.29, 1.82) is 0 Å². The Hall–Kier alpha value is -2.08. The maximum absolute atomic E-state index is 10.1. The Kier molecular flexibility index (Phi) is 6.28. The zero-order chi connectivity index (χ0) is 17.5. The molecule has 1 aliphatic rings. The van der Waals surface area contributed by atoms with E-state index in [1.165, 1.54) is 5.56 Å². The molecule has 2 aromatic rings. The highest BCUT2D eigenvalue weighted by atomic mass is 16.6. The van der Waals surface area contributed by atoms with Crippen LogP contribution in [0.5, 0.6) is 11.5 Å². The lowest BCUT2D eigenvalue weighted by Crippen LogP contribution is -2.36. The zero-order valence-electron chi connectivity index (χ0n) is 14.4. The third-order valence-corrected chi connectivity index (χ3v) is 4.14. The molecule has 0 aliphatic carbocycles. The van der Waals surface area contributed by atoms with Gasteiger partial charge in [-0.25, -0.2) is 0 Å². The summed E-state index contributed by atoms with van der Waals surface area (Å²) in [5.74, 6) is 1.50. The van der Waals surface area contributed by atoms with Crippen LogP contribution in [0.25, 0.3) is 0 Å². The van der Waals surface area contributed by atoms with Crippen molar-refractivity contribution in [3.8, 4) is 11.5 Å². The van der Waals surface area contributed by atoms with E-state index in [2.05, 4.69) is 24.4 Å². The Morgan fingerprint density at radius 2 is 1.84 bits per heavy atom. The SMILES string of the molecule is C[C@H](NC[C@H](O)COC[C@H]1COc2ccccc2O1)c1ccccc1. The quantitative estimate of drug-likeness (QED) is 0.771. The number of nitrogens with one attached hydrogen (secondary N) is 1. The van der Waals surface area contributed by atoms with Crippen LogP contribution >= 0.6 is 0 Å². The van der Waals surface area contributed by atoms with E-state index in [-0.39, 0.29) is 18.8 Å². The van der Waals surface area contributed by atoms with Crippen molar-refractivity contribution < 1.29 is 19.3 Å². The summed E-state index contributed by atoms with van der Waals surface area (Å²) in [6, 6.07) is 17.9. The normalized spacial score (nSPS) is 18.6. The van der Waals surface area contributed by atoms with Gasteiger partial charge in [-0.05, 0) is 24.6 Å². The molecule has 0 unspecified atom stereocenters. The van der Waals surface area contributed by atoms with Crippen molar-refractivity contribution in [3.63, 3.8) is 0 Å². The van der Waals surface area contributed by atoms with Crippen LogP contribution in [0.4, 0.5) is 0 Å². The molecular formula is C20H25NO4. The summed E-state index contributed by atoms with van der Waals surface area (Å²) in [6.07, 6.45) is -0.721. The Morgan fingerprint density at radius 3 is 2.64 bits per heavy atom. The molecule has 2 N–H and O–H groups in total. The molecule has 1 aliphatic heterocycles. The summed E-state index contributed by atoms with van der Waals surface area (Å²) in [5, 5.41) is 13.4. The van der Waals surface area contributed by atoms with Crippen molar-refractivity contribution in [2.75, 3.05) is 26.4 Å². The Morgan fingerprint density at radius 1 is 1.12 bits per heavy atom. The topological polar surface area (TPSA) is 60.0 Å². The molecule has 0 saturated heterocycles. The van der Waals surface area contributed by atoms with Crippen LogP contribution in [-0.4, -0.2) is 43.7 Å². The first-order valence-electron chi connectivity index (χ1n) is 8.65. The average molecular weight is 343 g/mol. The van der Waals surface area contributed by atoms with Crippen molar-refractivity contribution >= 4 is 0 Å². The number of rotatable bonds is 8. The van der Waals surface area contributed by atoms with Crippen molar-refractivity contribution in [1.82, 2.24) is 5.32 Å². The summed E-state index contributed by atoms with van der Waals surface area (Å²) in [4.78, 5) is 0. The van der Waals surface area contributed by atoms with E-state index in [4.69, 9.17) is 14.2 Å². The smallest absolute Gasteiger partial charge is 0.161 e. The number of aliphatic hydroxyl groups excluding tert-OH is 1. The second-order valence-electron chi connectivity index (χ2n) is 6.23. The van der Waals surface area contributed by atoms with Crippen LogP contribution in [0, 0.1) is 0 Å². The largest absolute Gasteiger partial charge is 0.486 e. The van der Waals surface area contributed by atoms with Crippen LogP contribution in [-0.2, 0) is 4.74 Å². The first-order valence-corrected chi connectivity index (χ1v) is 8.65. The highest BCUT2D eigenvalue weighted by molar-refractivity contribution is 5.40. The van der Waals surface area contributed by atoms with Gasteiger partial charge in [0.15, 0.2) is 17.6 Å². The third-order valence-electron chi connectivity index (χ3n) is 4.14. The zero-order valence-corrected chi connectivity index (χ0v) is 14.4. The molecule has 0 spiro atoms. The monoisotopic (exact) mass is 343 g/mol. The van der Waals surface area contributed by atoms with Gasteiger partial charge in [0.05, 0.1) is 19.3 Å². The van der Waals surface area contributed by atoms with E-state index < -0.39 is 6.10 Å². The second kappa shape index (κ2) is 8.85. The predicted molar refractivity (Wildman–Crippen MR) is 96.0 cm³/mol. The molecule has 134 valence electrons. The van der Waals surface area contributed by atoms with Gasteiger partial charge in [-0.2, -0.15) is 0 Å². The number of para-hydroxylation sites is 2. The Balaban J connectivity index is 1.34. The van der Waals surface area contributed by atoms with Gasteiger partial charge < -0.3 is 24.6 Å². The van der Waals surface area contributed by atoms with Crippen molar-refractivity contribution in [3.05, 3.63) is 60.2 Å².